The van der Waals surface area contributed by atoms with E-state index in [2.05, 4.69) is 10.3 Å². The molecule has 3 atom stereocenters. The van der Waals surface area contributed by atoms with Gasteiger partial charge in [-0.05, 0) is 43.2 Å². The van der Waals surface area contributed by atoms with E-state index in [1.807, 2.05) is 4.90 Å². The molecule has 9 nitrogen and oxygen atoms in total. The van der Waals surface area contributed by atoms with Gasteiger partial charge in [-0.2, -0.15) is 0 Å². The third-order valence-electron chi connectivity index (χ3n) is 6.22. The molecule has 0 saturated carbocycles. The van der Waals surface area contributed by atoms with Crippen molar-refractivity contribution in [3.63, 3.8) is 0 Å². The number of hydrogen-bond donors (Lipinski definition) is 2. The Morgan fingerprint density at radius 3 is 2.50 bits per heavy atom. The summed E-state index contributed by atoms with van der Waals surface area (Å²) in [5, 5.41) is 3.12. The smallest absolute Gasteiger partial charge is 0.321 e. The average Bonchev–Trinajstić information content (AvgIpc) is 3.08. The van der Waals surface area contributed by atoms with Gasteiger partial charge >= 0.3 is 6.03 Å². The molecule has 2 aliphatic rings. The van der Waals surface area contributed by atoms with Crippen molar-refractivity contribution in [2.45, 2.75) is 43.9 Å². The number of pyridine rings is 1. The average molecular weight is 490 g/mol. The summed E-state index contributed by atoms with van der Waals surface area (Å²) in [7, 11) is 1.25. The van der Waals surface area contributed by atoms with Crippen molar-refractivity contribution < 1.29 is 23.5 Å². The molecule has 2 fully saturated rings. The minimum atomic E-state index is -0.922. The normalized spacial score (nSPS) is 21.1. The Morgan fingerprint density at radius 1 is 1.24 bits per heavy atom. The second kappa shape index (κ2) is 9.84. The molecule has 34 heavy (non-hydrogen) atoms. The van der Waals surface area contributed by atoms with Crippen LogP contribution in [0, 0.1) is 5.82 Å². The number of piperidine rings is 1. The molecule has 1 unspecified atom stereocenters. The van der Waals surface area contributed by atoms with Crippen LogP contribution in [0.3, 0.4) is 0 Å². The fourth-order valence-corrected chi connectivity index (χ4v) is 4.77. The van der Waals surface area contributed by atoms with E-state index in [1.54, 1.807) is 12.1 Å². The van der Waals surface area contributed by atoms with Gasteiger partial charge in [0, 0.05) is 38.2 Å². The molecule has 2 bridgehead atoms. The number of nitrogens with two attached hydrogens (primary N) is 1. The number of primary amides is 1. The number of carbonyl (C=O) groups excluding carboxylic acids is 3. The van der Waals surface area contributed by atoms with Gasteiger partial charge in [-0.1, -0.05) is 11.6 Å². The number of hydrogen-bond acceptors (Lipinski definition) is 6. The topological polar surface area (TPSA) is 118 Å². The minimum Gasteiger partial charge on any atom is -0.490 e. The maximum Gasteiger partial charge on any atom is 0.321 e. The number of nitrogens with one attached hydrogen (secondary N) is 1. The molecule has 11 heteroatoms. The molecule has 1 aromatic heterocycles. The van der Waals surface area contributed by atoms with E-state index in [-0.39, 0.29) is 52.9 Å². The van der Waals surface area contributed by atoms with Crippen molar-refractivity contribution in [1.82, 2.24) is 14.8 Å². The number of rotatable bonds is 6. The lowest BCUT2D eigenvalue weighted by Crippen LogP contribution is -2.51. The van der Waals surface area contributed by atoms with E-state index in [4.69, 9.17) is 22.1 Å². The Morgan fingerprint density at radius 2 is 1.88 bits per heavy atom. The van der Waals surface area contributed by atoms with Crippen LogP contribution in [0.1, 0.15) is 36.0 Å². The zero-order chi connectivity index (χ0) is 24.4. The largest absolute Gasteiger partial charge is 0.490 e. The van der Waals surface area contributed by atoms with E-state index in [0.717, 1.165) is 17.7 Å². The summed E-state index contributed by atoms with van der Waals surface area (Å²) in [5.41, 5.74) is 5.23. The van der Waals surface area contributed by atoms with E-state index in [9.17, 15) is 18.8 Å². The second-order valence-electron chi connectivity index (χ2n) is 8.46. The number of imide groups is 1. The molecule has 1 aromatic carbocycles. The van der Waals surface area contributed by atoms with Crippen LogP contribution in [0.4, 0.5) is 15.0 Å². The lowest BCUT2D eigenvalue weighted by atomic mass is 9.99. The lowest BCUT2D eigenvalue weighted by molar-refractivity contribution is -0.135. The fraction of sp³-hybridized carbons (Fsp3) is 0.391. The van der Waals surface area contributed by atoms with Gasteiger partial charge in [-0.3, -0.25) is 14.5 Å². The third kappa shape index (κ3) is 5.06. The maximum absolute atomic E-state index is 13.1. The Kier molecular flexibility index (Phi) is 6.87. The molecule has 0 radical (unpaired) electrons. The predicted molar refractivity (Wildman–Crippen MR) is 123 cm³/mol. The van der Waals surface area contributed by atoms with Gasteiger partial charge in [0.15, 0.2) is 0 Å². The first-order valence-electron chi connectivity index (χ1n) is 10.9. The number of fused-ring (bicyclic) bond motifs is 2. The number of nitrogens with zero attached hydrogens (tertiary/aromatic N) is 3. The molecular weight excluding hydrogens is 465 g/mol. The molecule has 0 aliphatic carbocycles. The van der Waals surface area contributed by atoms with E-state index in [1.165, 1.54) is 31.4 Å². The quantitative estimate of drug-likeness (QED) is 0.644. The highest BCUT2D eigenvalue weighted by atomic mass is 35.5. The van der Waals surface area contributed by atoms with E-state index in [0.29, 0.717) is 18.6 Å². The van der Waals surface area contributed by atoms with Gasteiger partial charge in [0.1, 0.15) is 23.5 Å². The van der Waals surface area contributed by atoms with Crippen LogP contribution < -0.4 is 15.8 Å². The van der Waals surface area contributed by atoms with Crippen LogP contribution >= 0.6 is 11.6 Å². The van der Waals surface area contributed by atoms with Crippen LogP contribution in [0.2, 0.25) is 5.02 Å². The monoisotopic (exact) mass is 489 g/mol. The number of halogens is 2. The third-order valence-corrected chi connectivity index (χ3v) is 6.43. The summed E-state index contributed by atoms with van der Waals surface area (Å²) in [6.07, 6.45) is 4.43. The van der Waals surface area contributed by atoms with Crippen LogP contribution in [-0.4, -0.2) is 64.4 Å². The zero-order valence-electron chi connectivity index (χ0n) is 18.5. The molecule has 2 aromatic rings. The molecule has 180 valence electrons. The maximum atomic E-state index is 13.1. The van der Waals surface area contributed by atoms with Gasteiger partial charge in [0.25, 0.3) is 5.91 Å². The number of anilines is 1. The number of ether oxygens (including phenoxy) is 1. The molecule has 2 aliphatic heterocycles. The number of benzene rings is 1. The molecule has 4 rings (SSSR count). The summed E-state index contributed by atoms with van der Waals surface area (Å²) in [6.45, 7) is -0.0777. The zero-order valence-corrected chi connectivity index (χ0v) is 19.3. The Bertz CT molecular complexity index is 1090. The minimum absolute atomic E-state index is 0.0379. The Labute approximate surface area is 201 Å². The number of urea groups is 1. The first-order chi connectivity index (χ1) is 16.2. The summed E-state index contributed by atoms with van der Waals surface area (Å²) < 4.78 is 19.2. The lowest BCUT2D eigenvalue weighted by Gasteiger charge is -2.39. The molecule has 0 spiro atoms. The molecule has 3 heterocycles. The highest BCUT2D eigenvalue weighted by Crippen LogP contribution is 2.37. The van der Waals surface area contributed by atoms with Crippen molar-refractivity contribution >= 4 is 35.3 Å². The molecule has 4 amide bonds. The van der Waals surface area contributed by atoms with E-state index >= 15 is 0 Å². The highest BCUT2D eigenvalue weighted by molar-refractivity contribution is 6.31. The van der Waals surface area contributed by atoms with Crippen LogP contribution in [-0.2, 0) is 4.79 Å². The van der Waals surface area contributed by atoms with Crippen LogP contribution in [0.15, 0.2) is 36.5 Å². The first-order valence-corrected chi connectivity index (χ1v) is 11.3. The van der Waals surface area contributed by atoms with Crippen LogP contribution in [0.25, 0.3) is 0 Å². The fourth-order valence-electron chi connectivity index (χ4n) is 4.61. The summed E-state index contributed by atoms with van der Waals surface area (Å²) >= 11 is 5.97. The summed E-state index contributed by atoms with van der Waals surface area (Å²) in [5.74, 6) is -0.374. The summed E-state index contributed by atoms with van der Waals surface area (Å²) in [6, 6.07) is 6.45. The van der Waals surface area contributed by atoms with Gasteiger partial charge in [0.2, 0.25) is 5.91 Å². The predicted octanol–water partition coefficient (Wildman–Crippen LogP) is 3.04. The Hall–Kier alpha value is -3.40. The van der Waals surface area contributed by atoms with Crippen molar-refractivity contribution in [3.8, 4) is 5.75 Å². The standard InChI is InChI=1S/C23H25ClFN5O4/c1-29(23(26)33)22(32)19-8-13(24)11-27-21(19)28-12-20(31)30-15-4-5-16(30)10-18(9-15)34-17-6-2-14(25)3-7-17/h2-3,6-8,11,15-16,18H,4-5,9-10,12H2,1H3,(H2,26,33)(H,27,28)/t15-,16+,18?. The van der Waals surface area contributed by atoms with Crippen molar-refractivity contribution in [3.05, 3.63) is 52.9 Å². The number of aromatic nitrogens is 1. The van der Waals surface area contributed by atoms with E-state index < -0.39 is 11.9 Å². The highest BCUT2D eigenvalue weighted by Gasteiger charge is 2.43. The van der Waals surface area contributed by atoms with Crippen molar-refractivity contribution in [2.24, 2.45) is 5.73 Å². The number of amides is 4. The van der Waals surface area contributed by atoms with Gasteiger partial charge < -0.3 is 20.7 Å². The van der Waals surface area contributed by atoms with Crippen molar-refractivity contribution in [1.29, 1.82) is 0 Å². The van der Waals surface area contributed by atoms with Gasteiger partial charge in [0.05, 0.1) is 17.1 Å². The summed E-state index contributed by atoms with van der Waals surface area (Å²) in [4.78, 5) is 43.8. The van der Waals surface area contributed by atoms with Gasteiger partial charge in [-0.15, -0.1) is 0 Å². The SMILES string of the molecule is CN(C(N)=O)C(=O)c1cc(Cl)cnc1NCC(=O)N1[C@@H]2CC[C@H]1CC(Oc1ccc(F)cc1)C2. The van der Waals surface area contributed by atoms with Gasteiger partial charge in [-0.25, -0.2) is 14.2 Å². The number of carbonyl (C=O) groups is 3. The Balaban J connectivity index is 1.39. The molecule has 3 N–H and O–H groups in total. The van der Waals surface area contributed by atoms with Crippen LogP contribution in [0.5, 0.6) is 5.75 Å². The van der Waals surface area contributed by atoms with Crippen molar-refractivity contribution in [2.75, 3.05) is 18.9 Å². The first kappa shape index (κ1) is 23.7. The molecule has 2 saturated heterocycles. The molecular formula is C23H25ClFN5O4. The second-order valence-corrected chi connectivity index (χ2v) is 8.89.